The average Bonchev–Trinajstić information content (AvgIpc) is 2.72. The molecule has 1 aliphatic rings. The van der Waals surface area contributed by atoms with Crippen LogP contribution in [0.3, 0.4) is 0 Å². The van der Waals surface area contributed by atoms with Gasteiger partial charge in [-0.15, -0.1) is 0 Å². The standard InChI is InChI=1S/C16H32N2O3/c1-11(2)13(9-17-14-7-8-20-12(14)3)10-18-15(19)21-16(4,5)6/h11-14,17H,7-10H2,1-6H3,(H,18,19). The summed E-state index contributed by atoms with van der Waals surface area (Å²) in [5.74, 6) is 0.871. The van der Waals surface area contributed by atoms with Gasteiger partial charge in [0.2, 0.25) is 0 Å². The Hall–Kier alpha value is -0.810. The summed E-state index contributed by atoms with van der Waals surface area (Å²) < 4.78 is 10.8. The van der Waals surface area contributed by atoms with E-state index < -0.39 is 5.60 Å². The largest absolute Gasteiger partial charge is 0.444 e. The van der Waals surface area contributed by atoms with E-state index in [9.17, 15) is 4.79 Å². The molecule has 0 bridgehead atoms. The average molecular weight is 300 g/mol. The molecule has 21 heavy (non-hydrogen) atoms. The lowest BCUT2D eigenvalue weighted by Crippen LogP contribution is -2.43. The van der Waals surface area contributed by atoms with E-state index >= 15 is 0 Å². The summed E-state index contributed by atoms with van der Waals surface area (Å²) in [7, 11) is 0. The van der Waals surface area contributed by atoms with Crippen LogP contribution in [0, 0.1) is 11.8 Å². The Morgan fingerprint density at radius 3 is 2.48 bits per heavy atom. The Labute approximate surface area is 129 Å². The fraction of sp³-hybridized carbons (Fsp3) is 0.938. The Kier molecular flexibility index (Phi) is 6.94. The lowest BCUT2D eigenvalue weighted by Gasteiger charge is -2.26. The van der Waals surface area contributed by atoms with Crippen LogP contribution in [0.5, 0.6) is 0 Å². The summed E-state index contributed by atoms with van der Waals surface area (Å²) in [6.07, 6.45) is 0.994. The van der Waals surface area contributed by atoms with Crippen LogP contribution in [0.25, 0.3) is 0 Å². The predicted molar refractivity (Wildman–Crippen MR) is 84.4 cm³/mol. The third kappa shape index (κ3) is 7.14. The van der Waals surface area contributed by atoms with E-state index in [0.717, 1.165) is 19.6 Å². The van der Waals surface area contributed by atoms with Crippen molar-refractivity contribution in [2.24, 2.45) is 11.8 Å². The summed E-state index contributed by atoms with van der Waals surface area (Å²) in [4.78, 5) is 11.7. The monoisotopic (exact) mass is 300 g/mol. The maximum atomic E-state index is 11.7. The van der Waals surface area contributed by atoms with Gasteiger partial charge in [0, 0.05) is 25.7 Å². The second kappa shape index (κ2) is 7.99. The summed E-state index contributed by atoms with van der Waals surface area (Å²) in [6, 6.07) is 0.424. The minimum absolute atomic E-state index is 0.275. The van der Waals surface area contributed by atoms with Crippen LogP contribution >= 0.6 is 0 Å². The molecule has 3 unspecified atom stereocenters. The van der Waals surface area contributed by atoms with Gasteiger partial charge in [-0.1, -0.05) is 13.8 Å². The van der Waals surface area contributed by atoms with Gasteiger partial charge in [0.25, 0.3) is 0 Å². The zero-order chi connectivity index (χ0) is 16.0. The maximum Gasteiger partial charge on any atom is 0.407 e. The molecule has 0 radical (unpaired) electrons. The lowest BCUT2D eigenvalue weighted by atomic mass is 9.95. The van der Waals surface area contributed by atoms with Crippen LogP contribution in [-0.4, -0.2) is 43.5 Å². The van der Waals surface area contributed by atoms with Gasteiger partial charge >= 0.3 is 6.09 Å². The van der Waals surface area contributed by atoms with Crippen molar-refractivity contribution >= 4 is 6.09 Å². The Balaban J connectivity index is 2.34. The van der Waals surface area contributed by atoms with Gasteiger partial charge in [0.05, 0.1) is 6.10 Å². The lowest BCUT2D eigenvalue weighted by molar-refractivity contribution is 0.0513. The number of hydrogen-bond donors (Lipinski definition) is 2. The van der Waals surface area contributed by atoms with Crippen LogP contribution in [0.4, 0.5) is 4.79 Å². The van der Waals surface area contributed by atoms with E-state index in [1.807, 2.05) is 20.8 Å². The van der Waals surface area contributed by atoms with Crippen molar-refractivity contribution in [1.29, 1.82) is 0 Å². The molecule has 0 aromatic rings. The van der Waals surface area contributed by atoms with Crippen LogP contribution in [0.1, 0.15) is 48.0 Å². The normalized spacial score (nSPS) is 24.1. The van der Waals surface area contributed by atoms with E-state index in [1.54, 1.807) is 0 Å². The number of ether oxygens (including phenoxy) is 2. The minimum atomic E-state index is -0.452. The number of rotatable bonds is 6. The van der Waals surface area contributed by atoms with Crippen molar-refractivity contribution in [3.05, 3.63) is 0 Å². The molecule has 1 heterocycles. The minimum Gasteiger partial charge on any atom is -0.444 e. The van der Waals surface area contributed by atoms with Crippen molar-refractivity contribution < 1.29 is 14.3 Å². The zero-order valence-electron chi connectivity index (χ0n) is 14.4. The number of alkyl carbamates (subject to hydrolysis) is 1. The fourth-order valence-corrected chi connectivity index (χ4v) is 2.37. The first kappa shape index (κ1) is 18.2. The molecule has 1 aliphatic heterocycles. The first-order chi connectivity index (χ1) is 9.69. The van der Waals surface area contributed by atoms with Crippen LogP contribution in [0.2, 0.25) is 0 Å². The molecule has 1 amide bonds. The third-order valence-electron chi connectivity index (χ3n) is 3.87. The fourth-order valence-electron chi connectivity index (χ4n) is 2.37. The molecule has 0 aliphatic carbocycles. The van der Waals surface area contributed by atoms with Crippen molar-refractivity contribution in [2.75, 3.05) is 19.7 Å². The summed E-state index contributed by atoms with van der Waals surface area (Å²) >= 11 is 0. The molecule has 124 valence electrons. The second-order valence-electron chi connectivity index (χ2n) is 7.27. The van der Waals surface area contributed by atoms with Gasteiger partial charge in [0.1, 0.15) is 5.60 Å². The Morgan fingerprint density at radius 1 is 1.33 bits per heavy atom. The quantitative estimate of drug-likeness (QED) is 0.791. The first-order valence-electron chi connectivity index (χ1n) is 8.01. The third-order valence-corrected chi connectivity index (χ3v) is 3.87. The Bertz CT molecular complexity index is 326. The van der Waals surface area contributed by atoms with Crippen LogP contribution < -0.4 is 10.6 Å². The molecule has 0 aromatic heterocycles. The Morgan fingerprint density at radius 2 is 2.00 bits per heavy atom. The van der Waals surface area contributed by atoms with Gasteiger partial charge in [-0.05, 0) is 46.0 Å². The maximum absolute atomic E-state index is 11.7. The van der Waals surface area contributed by atoms with E-state index in [4.69, 9.17) is 9.47 Å². The highest BCUT2D eigenvalue weighted by atomic mass is 16.6. The number of amides is 1. The van der Waals surface area contributed by atoms with Crippen LogP contribution in [-0.2, 0) is 9.47 Å². The molecule has 0 spiro atoms. The van der Waals surface area contributed by atoms with Crippen molar-refractivity contribution in [3.8, 4) is 0 Å². The summed E-state index contributed by atoms with van der Waals surface area (Å²) in [5.41, 5.74) is -0.452. The molecule has 1 fully saturated rings. The molecular formula is C16H32N2O3. The number of carbonyl (C=O) groups excluding carboxylic acids is 1. The molecule has 5 nitrogen and oxygen atoms in total. The predicted octanol–water partition coefficient (Wildman–Crippen LogP) is 2.55. The first-order valence-corrected chi connectivity index (χ1v) is 8.01. The zero-order valence-corrected chi connectivity index (χ0v) is 14.4. The molecule has 1 saturated heterocycles. The van der Waals surface area contributed by atoms with Gasteiger partial charge in [-0.25, -0.2) is 4.79 Å². The molecule has 2 N–H and O–H groups in total. The molecule has 0 saturated carbocycles. The topological polar surface area (TPSA) is 59.6 Å². The number of nitrogens with one attached hydrogen (secondary N) is 2. The number of hydrogen-bond acceptors (Lipinski definition) is 4. The molecule has 0 aromatic carbocycles. The molecular weight excluding hydrogens is 268 g/mol. The summed E-state index contributed by atoms with van der Waals surface area (Å²) in [6.45, 7) is 14.4. The van der Waals surface area contributed by atoms with E-state index in [0.29, 0.717) is 24.4 Å². The highest BCUT2D eigenvalue weighted by molar-refractivity contribution is 5.67. The SMILES string of the molecule is CC(C)C(CNC(=O)OC(C)(C)C)CNC1CCOC1C. The van der Waals surface area contributed by atoms with Gasteiger partial charge in [-0.2, -0.15) is 0 Å². The second-order valence-corrected chi connectivity index (χ2v) is 7.27. The summed E-state index contributed by atoms with van der Waals surface area (Å²) in [5, 5.41) is 6.44. The molecule has 3 atom stereocenters. The number of carbonyl (C=O) groups is 1. The van der Waals surface area contributed by atoms with E-state index in [2.05, 4.69) is 31.4 Å². The molecule has 5 heteroatoms. The smallest absolute Gasteiger partial charge is 0.407 e. The highest BCUT2D eigenvalue weighted by Gasteiger charge is 2.25. The van der Waals surface area contributed by atoms with Crippen LogP contribution in [0.15, 0.2) is 0 Å². The van der Waals surface area contributed by atoms with Crippen molar-refractivity contribution in [1.82, 2.24) is 10.6 Å². The van der Waals surface area contributed by atoms with Crippen molar-refractivity contribution in [3.63, 3.8) is 0 Å². The molecule has 1 rings (SSSR count). The van der Waals surface area contributed by atoms with E-state index in [-0.39, 0.29) is 12.2 Å². The highest BCUT2D eigenvalue weighted by Crippen LogP contribution is 2.15. The van der Waals surface area contributed by atoms with Gasteiger partial charge in [-0.3, -0.25) is 0 Å². The van der Waals surface area contributed by atoms with Crippen molar-refractivity contribution in [2.45, 2.75) is 65.7 Å². The van der Waals surface area contributed by atoms with Gasteiger partial charge < -0.3 is 20.1 Å². The van der Waals surface area contributed by atoms with E-state index in [1.165, 1.54) is 0 Å². The van der Waals surface area contributed by atoms with Gasteiger partial charge in [0.15, 0.2) is 0 Å².